The highest BCUT2D eigenvalue weighted by Gasteiger charge is 2.15. The molecule has 0 N–H and O–H groups in total. The number of carbonyl (C=O) groups is 1. The van der Waals surface area contributed by atoms with Crippen LogP contribution in [-0.2, 0) is 6.42 Å². The molecule has 1 aromatic carbocycles. The molecule has 0 radical (unpaired) electrons. The van der Waals surface area contributed by atoms with E-state index in [2.05, 4.69) is 19.6 Å². The second kappa shape index (κ2) is 5.15. The average Bonchev–Trinajstić information content (AvgIpc) is 2.13. The number of ketones is 1. The third kappa shape index (κ3) is 4.10. The molecule has 0 atom stereocenters. The van der Waals surface area contributed by atoms with E-state index in [1.165, 1.54) is 6.04 Å². The summed E-state index contributed by atoms with van der Waals surface area (Å²) in [5, 5.41) is 0.718. The van der Waals surface area contributed by atoms with Crippen LogP contribution in [0.4, 0.5) is 0 Å². The lowest BCUT2D eigenvalue weighted by Gasteiger charge is -2.16. The predicted octanol–water partition coefficient (Wildman–Crippen LogP) is 4.42. The Labute approximate surface area is 104 Å². The minimum Gasteiger partial charge on any atom is -0.295 e. The van der Waals surface area contributed by atoms with Crippen LogP contribution < -0.4 is 0 Å². The van der Waals surface area contributed by atoms with E-state index in [9.17, 15) is 4.79 Å². The summed E-state index contributed by atoms with van der Waals surface area (Å²) >= 11 is 5.97. The van der Waals surface area contributed by atoms with Gasteiger partial charge in [0.25, 0.3) is 0 Å². The lowest BCUT2D eigenvalue weighted by Crippen LogP contribution is -2.20. The minimum atomic E-state index is -1.07. The lowest BCUT2D eigenvalue weighted by molar-refractivity contribution is 0.101. The first kappa shape index (κ1) is 13.5. The Balaban J connectivity index is 2.93. The van der Waals surface area contributed by atoms with Crippen molar-refractivity contribution in [1.29, 1.82) is 0 Å². The highest BCUT2D eigenvalue weighted by Crippen LogP contribution is 2.21. The molecule has 0 aliphatic carbocycles. The van der Waals surface area contributed by atoms with Crippen LogP contribution in [0.2, 0.25) is 30.7 Å². The van der Waals surface area contributed by atoms with Gasteiger partial charge in [0.15, 0.2) is 5.78 Å². The zero-order chi connectivity index (χ0) is 12.3. The van der Waals surface area contributed by atoms with Crippen LogP contribution in [-0.4, -0.2) is 13.9 Å². The molecule has 0 fully saturated rings. The summed E-state index contributed by atoms with van der Waals surface area (Å²) in [4.78, 5) is 11.5. The fourth-order valence-electron chi connectivity index (χ4n) is 1.62. The maximum atomic E-state index is 11.5. The quantitative estimate of drug-likeness (QED) is 0.574. The van der Waals surface area contributed by atoms with Crippen molar-refractivity contribution in [2.45, 2.75) is 39.0 Å². The van der Waals surface area contributed by atoms with Gasteiger partial charge >= 0.3 is 0 Å². The molecule has 1 nitrogen and oxygen atoms in total. The van der Waals surface area contributed by atoms with E-state index in [0.717, 1.165) is 22.6 Å². The van der Waals surface area contributed by atoms with Crippen molar-refractivity contribution in [2.75, 3.05) is 0 Å². The van der Waals surface area contributed by atoms with Gasteiger partial charge in [0, 0.05) is 18.7 Å². The van der Waals surface area contributed by atoms with Gasteiger partial charge < -0.3 is 0 Å². The summed E-state index contributed by atoms with van der Waals surface area (Å²) < 4.78 is 0. The number of hydrogen-bond donors (Lipinski definition) is 0. The number of rotatable bonds is 4. The summed E-state index contributed by atoms with van der Waals surface area (Å²) in [5.74, 6) is 0.127. The van der Waals surface area contributed by atoms with E-state index in [4.69, 9.17) is 11.6 Å². The van der Waals surface area contributed by atoms with E-state index in [1.807, 2.05) is 12.1 Å². The van der Waals surface area contributed by atoms with Gasteiger partial charge in [-0.1, -0.05) is 37.3 Å². The number of halogens is 1. The Hall–Kier alpha value is -0.603. The van der Waals surface area contributed by atoms with Crippen LogP contribution in [0.5, 0.6) is 0 Å². The van der Waals surface area contributed by atoms with Crippen LogP contribution in [0.3, 0.4) is 0 Å². The molecule has 0 spiro atoms. The molecule has 0 amide bonds. The molecule has 0 aromatic heterocycles. The summed E-state index contributed by atoms with van der Waals surface area (Å²) in [6.45, 7) is 8.63. The zero-order valence-corrected chi connectivity index (χ0v) is 12.2. The van der Waals surface area contributed by atoms with E-state index in [1.54, 1.807) is 13.0 Å². The van der Waals surface area contributed by atoms with Crippen LogP contribution in [0, 0.1) is 0 Å². The number of carbonyl (C=O) groups excluding carboxylic acids is 1. The monoisotopic (exact) mass is 254 g/mol. The molecular weight excluding hydrogens is 236 g/mol. The third-order valence-electron chi connectivity index (χ3n) is 2.59. The van der Waals surface area contributed by atoms with Gasteiger partial charge in [0.2, 0.25) is 0 Å². The van der Waals surface area contributed by atoms with Gasteiger partial charge in [0.1, 0.15) is 0 Å². The highest BCUT2D eigenvalue weighted by atomic mass is 35.5. The molecule has 0 unspecified atom stereocenters. The van der Waals surface area contributed by atoms with Crippen molar-refractivity contribution in [3.8, 4) is 0 Å². The van der Waals surface area contributed by atoms with Gasteiger partial charge in [-0.05, 0) is 37.1 Å². The Morgan fingerprint density at radius 2 is 1.94 bits per heavy atom. The van der Waals surface area contributed by atoms with Crippen molar-refractivity contribution >= 4 is 25.5 Å². The maximum Gasteiger partial charge on any atom is 0.160 e. The molecule has 0 bridgehead atoms. The smallest absolute Gasteiger partial charge is 0.160 e. The second-order valence-corrected chi connectivity index (χ2v) is 11.5. The molecule has 0 saturated heterocycles. The molecule has 1 aromatic rings. The van der Waals surface area contributed by atoms with Crippen molar-refractivity contribution in [1.82, 2.24) is 0 Å². The first-order valence-corrected chi connectivity index (χ1v) is 9.67. The van der Waals surface area contributed by atoms with Crippen molar-refractivity contribution in [3.05, 3.63) is 34.3 Å². The van der Waals surface area contributed by atoms with Crippen molar-refractivity contribution in [3.63, 3.8) is 0 Å². The SMILES string of the molecule is CC(=O)c1ccc(Cl)cc1CC[Si](C)(C)C. The molecule has 16 heavy (non-hydrogen) atoms. The lowest BCUT2D eigenvalue weighted by atomic mass is 10.0. The van der Waals surface area contributed by atoms with Gasteiger partial charge in [-0.25, -0.2) is 0 Å². The predicted molar refractivity (Wildman–Crippen MR) is 73.3 cm³/mol. The van der Waals surface area contributed by atoms with Gasteiger partial charge in [-0.3, -0.25) is 4.79 Å². The number of benzene rings is 1. The number of aryl methyl sites for hydroxylation is 1. The summed E-state index contributed by atoms with van der Waals surface area (Å²) in [6, 6.07) is 6.74. The Morgan fingerprint density at radius 1 is 1.31 bits per heavy atom. The molecular formula is C13H19ClOSi. The average molecular weight is 255 g/mol. The van der Waals surface area contributed by atoms with Crippen LogP contribution in [0.25, 0.3) is 0 Å². The van der Waals surface area contributed by atoms with Crippen LogP contribution >= 0.6 is 11.6 Å². The first-order valence-electron chi connectivity index (χ1n) is 5.59. The molecule has 1 rings (SSSR count). The minimum absolute atomic E-state index is 0.127. The van der Waals surface area contributed by atoms with Crippen LogP contribution in [0.15, 0.2) is 18.2 Å². The van der Waals surface area contributed by atoms with Gasteiger partial charge in [0.05, 0.1) is 0 Å². The molecule has 0 aliphatic heterocycles. The van der Waals surface area contributed by atoms with E-state index >= 15 is 0 Å². The first-order chi connectivity index (χ1) is 7.29. The summed E-state index contributed by atoms with van der Waals surface area (Å²) in [5.41, 5.74) is 1.92. The normalized spacial score (nSPS) is 11.6. The largest absolute Gasteiger partial charge is 0.295 e. The molecule has 0 saturated carbocycles. The number of Topliss-reactive ketones (excluding diaryl/α,β-unsaturated/α-hetero) is 1. The van der Waals surface area contributed by atoms with E-state index in [0.29, 0.717) is 0 Å². The standard InChI is InChI=1S/C13H19ClOSi/c1-10(15)13-6-5-12(14)9-11(13)7-8-16(2,3)4/h5-6,9H,7-8H2,1-4H3. The van der Waals surface area contributed by atoms with Crippen molar-refractivity contribution < 1.29 is 4.79 Å². The topological polar surface area (TPSA) is 17.1 Å². The fourth-order valence-corrected chi connectivity index (χ4v) is 2.84. The van der Waals surface area contributed by atoms with E-state index < -0.39 is 8.07 Å². The summed E-state index contributed by atoms with van der Waals surface area (Å²) in [7, 11) is -1.07. The van der Waals surface area contributed by atoms with Crippen molar-refractivity contribution in [2.24, 2.45) is 0 Å². The van der Waals surface area contributed by atoms with E-state index in [-0.39, 0.29) is 5.78 Å². The molecule has 0 aliphatic rings. The van der Waals surface area contributed by atoms with Crippen LogP contribution in [0.1, 0.15) is 22.8 Å². The van der Waals surface area contributed by atoms with Gasteiger partial charge in [-0.15, -0.1) is 0 Å². The second-order valence-electron chi connectivity index (χ2n) is 5.42. The Kier molecular flexibility index (Phi) is 4.33. The third-order valence-corrected chi connectivity index (χ3v) is 4.58. The Morgan fingerprint density at radius 3 is 2.44 bits per heavy atom. The zero-order valence-electron chi connectivity index (χ0n) is 10.4. The Bertz CT molecular complexity index is 393. The maximum absolute atomic E-state index is 11.5. The molecule has 3 heteroatoms. The molecule has 88 valence electrons. The highest BCUT2D eigenvalue weighted by molar-refractivity contribution is 6.76. The number of hydrogen-bond acceptors (Lipinski definition) is 1. The fraction of sp³-hybridized carbons (Fsp3) is 0.462. The summed E-state index contributed by atoms with van der Waals surface area (Å²) in [6.07, 6.45) is 0.963. The van der Waals surface area contributed by atoms with Gasteiger partial charge in [-0.2, -0.15) is 0 Å². The molecule has 0 heterocycles.